The lowest BCUT2D eigenvalue weighted by Gasteiger charge is -2.24. The smallest absolute Gasteiger partial charge is 0.338 e. The maximum absolute atomic E-state index is 12.6. The number of carbonyl (C=O) groups is 2. The summed E-state index contributed by atoms with van der Waals surface area (Å²) in [4.78, 5) is 25.2. The lowest BCUT2D eigenvalue weighted by Crippen LogP contribution is -2.48. The van der Waals surface area contributed by atoms with Crippen LogP contribution in [-0.2, 0) is 47.5 Å². The van der Waals surface area contributed by atoms with Crippen molar-refractivity contribution < 1.29 is 47.5 Å². The molecule has 4 heterocycles. The van der Waals surface area contributed by atoms with Crippen LogP contribution < -0.4 is 0 Å². The molecule has 4 rings (SSSR count). The minimum atomic E-state index is -1.07. The van der Waals surface area contributed by atoms with Crippen molar-refractivity contribution in [3.8, 4) is 0 Å². The Hall–Kier alpha value is -1.30. The Morgan fingerprint density at radius 2 is 1.11 bits per heavy atom. The van der Waals surface area contributed by atoms with E-state index in [1.54, 1.807) is 27.7 Å². The van der Waals surface area contributed by atoms with Crippen molar-refractivity contribution >= 4 is 11.9 Å². The van der Waals surface area contributed by atoms with Crippen LogP contribution in [0.4, 0.5) is 0 Å². The summed E-state index contributed by atoms with van der Waals surface area (Å²) in [5.41, 5.74) is 0. The lowest BCUT2D eigenvalue weighted by molar-refractivity contribution is -0.177. The van der Waals surface area contributed by atoms with E-state index in [9.17, 15) is 9.59 Å². The molecule has 4 aliphatic heterocycles. The summed E-state index contributed by atoms with van der Waals surface area (Å²) in [5.74, 6) is -3.32. The number of rotatable bonds is 7. The molecular formula is C18H26O10. The van der Waals surface area contributed by atoms with Crippen LogP contribution in [0.25, 0.3) is 0 Å². The van der Waals surface area contributed by atoms with Gasteiger partial charge in [-0.15, -0.1) is 0 Å². The molecule has 0 spiro atoms. The van der Waals surface area contributed by atoms with Crippen molar-refractivity contribution in [3.05, 3.63) is 0 Å². The van der Waals surface area contributed by atoms with E-state index >= 15 is 0 Å². The van der Waals surface area contributed by atoms with E-state index in [1.807, 2.05) is 0 Å². The first kappa shape index (κ1) is 20.0. The van der Waals surface area contributed by atoms with Crippen LogP contribution in [0.1, 0.15) is 27.7 Å². The third-order valence-electron chi connectivity index (χ3n) is 4.67. The Kier molecular flexibility index (Phi) is 5.13. The molecule has 0 amide bonds. The SMILES string of the molecule is CC1(C)OC(C2OC(C)(C)O[C@H]2C(=O)OCC2CO2)[C@@H](C(=O)OCC2CO2)O1. The first-order valence-electron chi connectivity index (χ1n) is 9.41. The summed E-state index contributed by atoms with van der Waals surface area (Å²) < 4.78 is 44.0. The maximum atomic E-state index is 12.6. The first-order chi connectivity index (χ1) is 13.1. The Morgan fingerprint density at radius 3 is 1.43 bits per heavy atom. The van der Waals surface area contributed by atoms with Crippen LogP contribution in [0.2, 0.25) is 0 Å². The number of ether oxygens (including phenoxy) is 8. The molecule has 0 saturated carbocycles. The van der Waals surface area contributed by atoms with E-state index in [4.69, 9.17) is 37.9 Å². The fourth-order valence-corrected chi connectivity index (χ4v) is 3.27. The van der Waals surface area contributed by atoms with Crippen molar-refractivity contribution in [3.63, 3.8) is 0 Å². The van der Waals surface area contributed by atoms with Crippen LogP contribution in [0.15, 0.2) is 0 Å². The Balaban J connectivity index is 1.48. The molecule has 158 valence electrons. The molecule has 10 heteroatoms. The molecule has 0 N–H and O–H groups in total. The van der Waals surface area contributed by atoms with Gasteiger partial charge < -0.3 is 37.9 Å². The average Bonchev–Trinajstić information content (AvgIpc) is 3.52. The van der Waals surface area contributed by atoms with Gasteiger partial charge in [0.15, 0.2) is 23.8 Å². The van der Waals surface area contributed by atoms with Gasteiger partial charge in [-0.3, -0.25) is 0 Å². The van der Waals surface area contributed by atoms with E-state index in [1.165, 1.54) is 0 Å². The fraction of sp³-hybridized carbons (Fsp3) is 0.889. The van der Waals surface area contributed by atoms with E-state index in [0.29, 0.717) is 13.2 Å². The van der Waals surface area contributed by atoms with Crippen LogP contribution >= 0.6 is 0 Å². The van der Waals surface area contributed by atoms with Crippen LogP contribution in [-0.4, -0.2) is 86.6 Å². The second kappa shape index (κ2) is 7.19. The van der Waals surface area contributed by atoms with Gasteiger partial charge in [-0.05, 0) is 27.7 Å². The molecule has 10 nitrogen and oxygen atoms in total. The van der Waals surface area contributed by atoms with E-state index in [2.05, 4.69) is 0 Å². The molecule has 0 aromatic rings. The number of hydrogen-bond acceptors (Lipinski definition) is 10. The Bertz CT molecular complexity index is 570. The molecule has 4 fully saturated rings. The van der Waals surface area contributed by atoms with E-state index in [0.717, 1.165) is 0 Å². The van der Waals surface area contributed by atoms with E-state index < -0.39 is 47.9 Å². The van der Waals surface area contributed by atoms with Gasteiger partial charge in [0.2, 0.25) is 0 Å². The second-order valence-corrected chi connectivity index (χ2v) is 8.21. The minimum Gasteiger partial charge on any atom is -0.461 e. The third-order valence-corrected chi connectivity index (χ3v) is 4.67. The highest BCUT2D eigenvalue weighted by Crippen LogP contribution is 2.39. The predicted molar refractivity (Wildman–Crippen MR) is 89.0 cm³/mol. The molecule has 4 unspecified atom stereocenters. The molecule has 6 atom stereocenters. The predicted octanol–water partition coefficient (Wildman–Crippen LogP) is -0.0894. The van der Waals surface area contributed by atoms with Gasteiger partial charge in [-0.1, -0.05) is 0 Å². The summed E-state index contributed by atoms with van der Waals surface area (Å²) in [7, 11) is 0. The van der Waals surface area contributed by atoms with E-state index in [-0.39, 0.29) is 25.4 Å². The van der Waals surface area contributed by atoms with Gasteiger partial charge in [-0.2, -0.15) is 0 Å². The summed E-state index contributed by atoms with van der Waals surface area (Å²) >= 11 is 0. The quantitative estimate of drug-likeness (QED) is 0.423. The summed E-state index contributed by atoms with van der Waals surface area (Å²) in [6.07, 6.45) is -4.10. The Labute approximate surface area is 162 Å². The average molecular weight is 402 g/mol. The van der Waals surface area contributed by atoms with Gasteiger partial charge in [-0.25, -0.2) is 9.59 Å². The largest absolute Gasteiger partial charge is 0.461 e. The summed E-state index contributed by atoms with van der Waals surface area (Å²) in [6, 6.07) is 0. The normalized spacial score (nSPS) is 40.1. The highest BCUT2D eigenvalue weighted by atomic mass is 16.8. The Morgan fingerprint density at radius 1 is 0.750 bits per heavy atom. The van der Waals surface area contributed by atoms with Crippen molar-refractivity contribution in [2.75, 3.05) is 26.4 Å². The summed E-state index contributed by atoms with van der Waals surface area (Å²) in [5, 5.41) is 0. The highest BCUT2D eigenvalue weighted by molar-refractivity contribution is 5.78. The highest BCUT2D eigenvalue weighted by Gasteiger charge is 2.58. The van der Waals surface area contributed by atoms with Crippen LogP contribution in [0.5, 0.6) is 0 Å². The molecule has 4 saturated heterocycles. The topological polar surface area (TPSA) is 115 Å². The molecule has 0 aromatic carbocycles. The third kappa shape index (κ3) is 4.64. The standard InChI is InChI=1S/C18H26O10/c1-17(2)25-11(13(27-17)15(19)23-7-9-5-21-9)12-14(28-18(3,4)26-12)16(20)24-8-10-6-22-10/h9-14H,5-8H2,1-4H3/t9?,10?,11?,12?,13-,14+. The second-order valence-electron chi connectivity index (χ2n) is 8.21. The molecule has 0 aliphatic carbocycles. The van der Waals surface area contributed by atoms with Crippen molar-refractivity contribution in [2.24, 2.45) is 0 Å². The van der Waals surface area contributed by atoms with Crippen molar-refractivity contribution in [1.82, 2.24) is 0 Å². The number of hydrogen-bond donors (Lipinski definition) is 0. The van der Waals surface area contributed by atoms with Gasteiger partial charge in [0.05, 0.1) is 13.2 Å². The molecule has 28 heavy (non-hydrogen) atoms. The number of carbonyl (C=O) groups excluding carboxylic acids is 2. The number of epoxide rings is 2. The van der Waals surface area contributed by atoms with Crippen LogP contribution in [0.3, 0.4) is 0 Å². The zero-order valence-corrected chi connectivity index (χ0v) is 16.4. The molecule has 0 radical (unpaired) electrons. The minimum absolute atomic E-state index is 0.0740. The van der Waals surface area contributed by atoms with Crippen molar-refractivity contribution in [2.45, 2.75) is 75.9 Å². The monoisotopic (exact) mass is 402 g/mol. The van der Waals surface area contributed by atoms with Gasteiger partial charge in [0.25, 0.3) is 0 Å². The lowest BCUT2D eigenvalue weighted by atomic mass is 10.0. The van der Waals surface area contributed by atoms with Gasteiger partial charge in [0.1, 0.15) is 37.6 Å². The van der Waals surface area contributed by atoms with Crippen LogP contribution in [0, 0.1) is 0 Å². The fourth-order valence-electron chi connectivity index (χ4n) is 3.27. The molecule has 0 bridgehead atoms. The molecular weight excluding hydrogens is 376 g/mol. The van der Waals surface area contributed by atoms with Crippen molar-refractivity contribution in [1.29, 1.82) is 0 Å². The maximum Gasteiger partial charge on any atom is 0.338 e. The number of esters is 2. The zero-order valence-electron chi connectivity index (χ0n) is 16.4. The zero-order chi connectivity index (χ0) is 20.1. The van der Waals surface area contributed by atoms with Gasteiger partial charge in [0, 0.05) is 0 Å². The summed E-state index contributed by atoms with van der Waals surface area (Å²) in [6.45, 7) is 8.13. The first-order valence-corrected chi connectivity index (χ1v) is 9.41. The molecule has 4 aliphatic rings. The van der Waals surface area contributed by atoms with Gasteiger partial charge >= 0.3 is 11.9 Å². The molecule has 0 aromatic heterocycles.